The maximum atomic E-state index is 12.0. The number of rotatable bonds is 5. The lowest BCUT2D eigenvalue weighted by atomic mass is 9.89. The summed E-state index contributed by atoms with van der Waals surface area (Å²) < 4.78 is 5.69. The van der Waals surface area contributed by atoms with E-state index in [-0.39, 0.29) is 11.8 Å². The van der Waals surface area contributed by atoms with Crippen molar-refractivity contribution in [1.82, 2.24) is 5.32 Å². The first-order valence-electron chi connectivity index (χ1n) is 7.75. The predicted octanol–water partition coefficient (Wildman–Crippen LogP) is 4.03. The van der Waals surface area contributed by atoms with Gasteiger partial charge in [-0.25, -0.2) is 0 Å². The molecule has 1 aliphatic carbocycles. The normalized spacial score (nSPS) is 15.8. The van der Waals surface area contributed by atoms with Gasteiger partial charge in [-0.2, -0.15) is 0 Å². The summed E-state index contributed by atoms with van der Waals surface area (Å²) in [5.41, 5.74) is 2.02. The van der Waals surface area contributed by atoms with Crippen LogP contribution >= 0.6 is 11.6 Å². The van der Waals surface area contributed by atoms with Crippen LogP contribution < -0.4 is 10.1 Å². The Kier molecular flexibility index (Phi) is 5.92. The molecule has 0 radical (unpaired) electrons. The fraction of sp³-hybridized carbons (Fsp3) is 0.588. The average molecular weight is 310 g/mol. The second kappa shape index (κ2) is 7.69. The zero-order valence-corrected chi connectivity index (χ0v) is 13.6. The van der Waals surface area contributed by atoms with E-state index in [1.165, 1.54) is 19.3 Å². The van der Waals surface area contributed by atoms with Crippen LogP contribution in [0.1, 0.15) is 43.2 Å². The number of carbonyl (C=O) groups is 1. The molecule has 0 heterocycles. The molecule has 0 aliphatic heterocycles. The molecule has 1 N–H and O–H groups in total. The molecule has 4 heteroatoms. The Morgan fingerprint density at radius 2 is 1.86 bits per heavy atom. The molecule has 21 heavy (non-hydrogen) atoms. The van der Waals surface area contributed by atoms with Gasteiger partial charge in [-0.3, -0.25) is 4.79 Å². The van der Waals surface area contributed by atoms with E-state index in [0.717, 1.165) is 34.7 Å². The number of halogens is 1. The van der Waals surface area contributed by atoms with Crippen LogP contribution in [-0.2, 0) is 4.79 Å². The lowest BCUT2D eigenvalue weighted by molar-refractivity contribution is -0.126. The Bertz CT molecular complexity index is 473. The van der Waals surface area contributed by atoms with E-state index < -0.39 is 0 Å². The highest BCUT2D eigenvalue weighted by Crippen LogP contribution is 2.26. The predicted molar refractivity (Wildman–Crippen MR) is 86.0 cm³/mol. The zero-order chi connectivity index (χ0) is 15.2. The van der Waals surface area contributed by atoms with Crippen LogP contribution in [0, 0.1) is 19.8 Å². The third-order valence-electron chi connectivity index (χ3n) is 4.06. The first-order valence-corrected chi connectivity index (χ1v) is 8.13. The molecule has 0 saturated heterocycles. The van der Waals surface area contributed by atoms with Gasteiger partial charge in [0, 0.05) is 10.9 Å². The number of benzene rings is 1. The van der Waals surface area contributed by atoms with E-state index >= 15 is 0 Å². The van der Waals surface area contributed by atoms with E-state index in [1.54, 1.807) is 0 Å². The topological polar surface area (TPSA) is 38.3 Å². The average Bonchev–Trinajstić information content (AvgIpc) is 2.49. The summed E-state index contributed by atoms with van der Waals surface area (Å²) in [5, 5.41) is 3.76. The molecular formula is C17H24ClNO2. The summed E-state index contributed by atoms with van der Waals surface area (Å²) in [6.07, 6.45) is 5.68. The highest BCUT2D eigenvalue weighted by atomic mass is 35.5. The van der Waals surface area contributed by atoms with Gasteiger partial charge in [0.2, 0.25) is 5.91 Å². The van der Waals surface area contributed by atoms with E-state index in [0.29, 0.717) is 13.2 Å². The highest BCUT2D eigenvalue weighted by Gasteiger charge is 2.20. The molecule has 1 fully saturated rings. The van der Waals surface area contributed by atoms with Crippen molar-refractivity contribution in [2.24, 2.45) is 5.92 Å². The van der Waals surface area contributed by atoms with E-state index in [1.807, 2.05) is 26.0 Å². The molecule has 0 aromatic heterocycles. The van der Waals surface area contributed by atoms with Crippen molar-refractivity contribution in [3.05, 3.63) is 28.3 Å². The lowest BCUT2D eigenvalue weighted by Gasteiger charge is -2.20. The minimum atomic E-state index is 0.182. The molecule has 0 atom stereocenters. The fourth-order valence-electron chi connectivity index (χ4n) is 2.84. The van der Waals surface area contributed by atoms with Crippen molar-refractivity contribution < 1.29 is 9.53 Å². The molecule has 0 spiro atoms. The van der Waals surface area contributed by atoms with Crippen molar-refractivity contribution in [3.8, 4) is 5.75 Å². The molecule has 1 amide bonds. The zero-order valence-electron chi connectivity index (χ0n) is 12.9. The molecule has 1 aliphatic rings. The summed E-state index contributed by atoms with van der Waals surface area (Å²) in [5.74, 6) is 1.20. The molecule has 1 saturated carbocycles. The van der Waals surface area contributed by atoms with E-state index in [9.17, 15) is 4.79 Å². The van der Waals surface area contributed by atoms with E-state index in [4.69, 9.17) is 16.3 Å². The van der Waals surface area contributed by atoms with Crippen LogP contribution in [-0.4, -0.2) is 19.1 Å². The Morgan fingerprint density at radius 1 is 1.24 bits per heavy atom. The molecular weight excluding hydrogens is 286 g/mol. The number of nitrogens with one attached hydrogen (secondary N) is 1. The number of hydrogen-bond donors (Lipinski definition) is 1. The number of ether oxygens (including phenoxy) is 1. The smallest absolute Gasteiger partial charge is 0.223 e. The van der Waals surface area contributed by atoms with Gasteiger partial charge in [-0.15, -0.1) is 0 Å². The van der Waals surface area contributed by atoms with Crippen LogP contribution in [0.4, 0.5) is 0 Å². The van der Waals surface area contributed by atoms with Crippen LogP contribution in [0.2, 0.25) is 5.02 Å². The number of amides is 1. The standard InChI is InChI=1S/C17H24ClNO2/c1-12-10-15(11-13(2)16(12)18)21-9-8-19-17(20)14-6-4-3-5-7-14/h10-11,14H,3-9H2,1-2H3,(H,19,20). The largest absolute Gasteiger partial charge is 0.492 e. The van der Waals surface area contributed by atoms with Gasteiger partial charge in [-0.1, -0.05) is 30.9 Å². The van der Waals surface area contributed by atoms with Crippen molar-refractivity contribution in [2.75, 3.05) is 13.2 Å². The van der Waals surface area contributed by atoms with Crippen molar-refractivity contribution >= 4 is 17.5 Å². The van der Waals surface area contributed by atoms with Gasteiger partial charge in [0.25, 0.3) is 0 Å². The molecule has 0 unspecified atom stereocenters. The minimum absolute atomic E-state index is 0.182. The van der Waals surface area contributed by atoms with Gasteiger partial charge in [0.15, 0.2) is 0 Å². The number of aryl methyl sites for hydroxylation is 2. The van der Waals surface area contributed by atoms with Gasteiger partial charge >= 0.3 is 0 Å². The molecule has 1 aromatic rings. The van der Waals surface area contributed by atoms with Crippen molar-refractivity contribution in [2.45, 2.75) is 46.0 Å². The fourth-order valence-corrected chi connectivity index (χ4v) is 2.95. The van der Waals surface area contributed by atoms with Gasteiger partial charge < -0.3 is 10.1 Å². The first kappa shape index (κ1) is 16.2. The Balaban J connectivity index is 1.73. The first-order chi connectivity index (χ1) is 10.1. The molecule has 1 aromatic carbocycles. The summed E-state index contributed by atoms with van der Waals surface area (Å²) in [7, 11) is 0. The number of hydrogen-bond acceptors (Lipinski definition) is 2. The van der Waals surface area contributed by atoms with Crippen LogP contribution in [0.15, 0.2) is 12.1 Å². The van der Waals surface area contributed by atoms with Crippen LogP contribution in [0.3, 0.4) is 0 Å². The molecule has 116 valence electrons. The molecule has 0 bridgehead atoms. The lowest BCUT2D eigenvalue weighted by Crippen LogP contribution is -2.34. The second-order valence-corrected chi connectivity index (χ2v) is 6.22. The van der Waals surface area contributed by atoms with Gasteiger partial charge in [-0.05, 0) is 49.9 Å². The quantitative estimate of drug-likeness (QED) is 0.834. The van der Waals surface area contributed by atoms with Gasteiger partial charge in [0.1, 0.15) is 12.4 Å². The molecule has 3 nitrogen and oxygen atoms in total. The van der Waals surface area contributed by atoms with Crippen molar-refractivity contribution in [1.29, 1.82) is 0 Å². The summed E-state index contributed by atoms with van der Waals surface area (Å²) in [4.78, 5) is 12.0. The second-order valence-electron chi connectivity index (χ2n) is 5.85. The van der Waals surface area contributed by atoms with Crippen molar-refractivity contribution in [3.63, 3.8) is 0 Å². The van der Waals surface area contributed by atoms with Crippen LogP contribution in [0.5, 0.6) is 5.75 Å². The van der Waals surface area contributed by atoms with Crippen LogP contribution in [0.25, 0.3) is 0 Å². The minimum Gasteiger partial charge on any atom is -0.492 e. The molecule has 2 rings (SSSR count). The summed E-state index contributed by atoms with van der Waals surface area (Å²) in [6, 6.07) is 3.86. The third-order valence-corrected chi connectivity index (χ3v) is 4.65. The Labute approximate surface area is 132 Å². The Morgan fingerprint density at radius 3 is 2.48 bits per heavy atom. The monoisotopic (exact) mass is 309 g/mol. The van der Waals surface area contributed by atoms with Gasteiger partial charge in [0.05, 0.1) is 6.54 Å². The summed E-state index contributed by atoms with van der Waals surface area (Å²) >= 11 is 6.13. The number of carbonyl (C=O) groups excluding carboxylic acids is 1. The third kappa shape index (κ3) is 4.63. The van der Waals surface area contributed by atoms with E-state index in [2.05, 4.69) is 5.32 Å². The SMILES string of the molecule is Cc1cc(OCCNC(=O)C2CCCCC2)cc(C)c1Cl. The highest BCUT2D eigenvalue weighted by molar-refractivity contribution is 6.32. The maximum absolute atomic E-state index is 12.0. The summed E-state index contributed by atoms with van der Waals surface area (Å²) in [6.45, 7) is 4.97. The maximum Gasteiger partial charge on any atom is 0.223 e. The Hall–Kier alpha value is -1.22.